The molecule has 2 N–H and O–H groups in total. The minimum absolute atomic E-state index is 0.351. The van der Waals surface area contributed by atoms with Gasteiger partial charge >= 0.3 is 0 Å². The Labute approximate surface area is 124 Å². The van der Waals surface area contributed by atoms with Gasteiger partial charge in [0.05, 0.1) is 18.9 Å². The van der Waals surface area contributed by atoms with Crippen molar-refractivity contribution in [3.63, 3.8) is 0 Å². The van der Waals surface area contributed by atoms with E-state index in [4.69, 9.17) is 15.0 Å². The number of nitrogen functional groups attached to an aromatic ring is 1. The summed E-state index contributed by atoms with van der Waals surface area (Å²) in [6.07, 6.45) is 5.55. The van der Waals surface area contributed by atoms with Gasteiger partial charge in [-0.3, -0.25) is 4.90 Å². The lowest BCUT2D eigenvalue weighted by atomic mass is 10.0. The summed E-state index contributed by atoms with van der Waals surface area (Å²) in [5, 5.41) is 3.74. The van der Waals surface area contributed by atoms with Gasteiger partial charge in [0.2, 0.25) is 5.88 Å². The lowest BCUT2D eigenvalue weighted by Gasteiger charge is -2.27. The maximum absolute atomic E-state index is 5.81. The maximum atomic E-state index is 5.81. The summed E-state index contributed by atoms with van der Waals surface area (Å²) in [4.78, 5) is 2.47. The molecular weight excluding hydrogens is 266 g/mol. The molecule has 0 radical (unpaired) electrons. The van der Waals surface area contributed by atoms with Gasteiger partial charge in [-0.1, -0.05) is 17.6 Å². The van der Waals surface area contributed by atoms with Crippen molar-refractivity contribution in [2.45, 2.75) is 25.8 Å². The first-order valence-electron chi connectivity index (χ1n) is 7.37. The number of piperidine rings is 1. The van der Waals surface area contributed by atoms with E-state index in [2.05, 4.69) is 16.1 Å². The molecule has 0 bridgehead atoms. The van der Waals surface area contributed by atoms with E-state index in [1.807, 2.05) is 12.1 Å². The Morgan fingerprint density at radius 3 is 2.76 bits per heavy atom. The van der Waals surface area contributed by atoms with Crippen LogP contribution in [0.1, 0.15) is 24.8 Å². The van der Waals surface area contributed by atoms with Gasteiger partial charge in [0, 0.05) is 12.1 Å². The minimum atomic E-state index is 0.351. The molecule has 3 rings (SSSR count). The van der Waals surface area contributed by atoms with Crippen LogP contribution in [0.15, 0.2) is 28.9 Å². The zero-order valence-corrected chi connectivity index (χ0v) is 12.3. The Kier molecular flexibility index (Phi) is 4.10. The number of likely N-dealkylation sites (tertiary alicyclic amines) is 1. The fourth-order valence-corrected chi connectivity index (χ4v) is 2.89. The van der Waals surface area contributed by atoms with E-state index in [9.17, 15) is 0 Å². The summed E-state index contributed by atoms with van der Waals surface area (Å²) in [5.41, 5.74) is 8.83. The van der Waals surface area contributed by atoms with Crippen LogP contribution in [-0.4, -0.2) is 30.3 Å². The second kappa shape index (κ2) is 6.18. The van der Waals surface area contributed by atoms with Crippen molar-refractivity contribution < 1.29 is 9.26 Å². The maximum Gasteiger partial charge on any atom is 0.229 e. The summed E-state index contributed by atoms with van der Waals surface area (Å²) in [6, 6.07) is 6.10. The van der Waals surface area contributed by atoms with E-state index in [1.165, 1.54) is 24.8 Å². The molecule has 0 unspecified atom stereocenters. The molecule has 0 saturated carbocycles. The fourth-order valence-electron chi connectivity index (χ4n) is 2.89. The van der Waals surface area contributed by atoms with E-state index >= 15 is 0 Å². The average Bonchev–Trinajstić information content (AvgIpc) is 2.94. The average molecular weight is 287 g/mol. The van der Waals surface area contributed by atoms with Gasteiger partial charge in [-0.05, 0) is 43.6 Å². The van der Waals surface area contributed by atoms with E-state index in [0.29, 0.717) is 5.88 Å². The van der Waals surface area contributed by atoms with Crippen LogP contribution in [0.4, 0.5) is 5.88 Å². The Morgan fingerprint density at radius 1 is 1.29 bits per heavy atom. The molecule has 5 heteroatoms. The third-order valence-electron chi connectivity index (χ3n) is 4.03. The van der Waals surface area contributed by atoms with E-state index in [0.717, 1.165) is 36.5 Å². The summed E-state index contributed by atoms with van der Waals surface area (Å²) in [7, 11) is 1.71. The highest BCUT2D eigenvalue weighted by molar-refractivity contribution is 5.73. The number of rotatable bonds is 4. The van der Waals surface area contributed by atoms with Crippen molar-refractivity contribution >= 4 is 5.88 Å². The molecule has 1 aromatic heterocycles. The van der Waals surface area contributed by atoms with Gasteiger partial charge in [0.25, 0.3) is 0 Å². The molecule has 1 aromatic carbocycles. The highest BCUT2D eigenvalue weighted by Crippen LogP contribution is 2.31. The zero-order valence-electron chi connectivity index (χ0n) is 12.3. The third-order valence-corrected chi connectivity index (χ3v) is 4.03. The quantitative estimate of drug-likeness (QED) is 0.936. The predicted molar refractivity (Wildman–Crippen MR) is 82.0 cm³/mol. The number of aromatic nitrogens is 1. The Morgan fingerprint density at radius 2 is 2.10 bits per heavy atom. The van der Waals surface area contributed by atoms with Gasteiger partial charge in [0.1, 0.15) is 5.75 Å². The number of nitrogens with zero attached hydrogens (tertiary/aromatic N) is 2. The molecule has 2 aromatic rings. The smallest absolute Gasteiger partial charge is 0.229 e. The van der Waals surface area contributed by atoms with Gasteiger partial charge < -0.3 is 15.0 Å². The summed E-state index contributed by atoms with van der Waals surface area (Å²) < 4.78 is 10.4. The first-order valence-corrected chi connectivity index (χ1v) is 7.37. The molecule has 5 nitrogen and oxygen atoms in total. The molecule has 21 heavy (non-hydrogen) atoms. The van der Waals surface area contributed by atoms with Crippen molar-refractivity contribution in [1.29, 1.82) is 0 Å². The van der Waals surface area contributed by atoms with Gasteiger partial charge in [-0.2, -0.15) is 0 Å². The third kappa shape index (κ3) is 3.03. The molecule has 2 heterocycles. The standard InChI is InChI=1S/C16H21N3O2/c1-20-15-6-5-12(14-10-18-21-16(14)17)9-13(15)11-19-7-3-2-4-8-19/h5-6,9-10H,2-4,7-8,11,17H2,1H3. The van der Waals surface area contributed by atoms with Crippen LogP contribution in [0.2, 0.25) is 0 Å². The van der Waals surface area contributed by atoms with Crippen LogP contribution in [0.5, 0.6) is 5.75 Å². The summed E-state index contributed by atoms with van der Waals surface area (Å²) in [5.74, 6) is 1.27. The Balaban J connectivity index is 1.88. The van der Waals surface area contributed by atoms with Gasteiger partial charge in [-0.15, -0.1) is 0 Å². The topological polar surface area (TPSA) is 64.5 Å². The number of hydrogen-bond donors (Lipinski definition) is 1. The van der Waals surface area contributed by atoms with Crippen LogP contribution in [0.3, 0.4) is 0 Å². The molecule has 1 aliphatic rings. The Hall–Kier alpha value is -2.01. The number of ether oxygens (including phenoxy) is 1. The highest BCUT2D eigenvalue weighted by atomic mass is 16.5. The molecule has 0 spiro atoms. The normalized spacial score (nSPS) is 16.0. The largest absolute Gasteiger partial charge is 0.496 e. The van der Waals surface area contributed by atoms with Crippen LogP contribution in [-0.2, 0) is 6.54 Å². The van der Waals surface area contributed by atoms with Crippen molar-refractivity contribution in [3.8, 4) is 16.9 Å². The highest BCUT2D eigenvalue weighted by Gasteiger charge is 2.15. The Bertz CT molecular complexity index is 603. The van der Waals surface area contributed by atoms with E-state index < -0.39 is 0 Å². The molecule has 1 saturated heterocycles. The zero-order chi connectivity index (χ0) is 14.7. The molecule has 1 fully saturated rings. The van der Waals surface area contributed by atoms with Gasteiger partial charge in [-0.25, -0.2) is 0 Å². The van der Waals surface area contributed by atoms with Crippen LogP contribution < -0.4 is 10.5 Å². The van der Waals surface area contributed by atoms with Crippen molar-refractivity contribution in [3.05, 3.63) is 30.0 Å². The second-order valence-corrected chi connectivity index (χ2v) is 5.47. The minimum Gasteiger partial charge on any atom is -0.496 e. The van der Waals surface area contributed by atoms with Crippen LogP contribution >= 0.6 is 0 Å². The van der Waals surface area contributed by atoms with Crippen molar-refractivity contribution in [2.24, 2.45) is 0 Å². The van der Waals surface area contributed by atoms with Gasteiger partial charge in [0.15, 0.2) is 0 Å². The van der Waals surface area contributed by atoms with Crippen molar-refractivity contribution in [1.82, 2.24) is 10.1 Å². The monoisotopic (exact) mass is 287 g/mol. The van der Waals surface area contributed by atoms with E-state index in [-0.39, 0.29) is 0 Å². The van der Waals surface area contributed by atoms with Crippen LogP contribution in [0.25, 0.3) is 11.1 Å². The number of nitrogens with two attached hydrogens (primary N) is 1. The molecule has 0 aliphatic carbocycles. The summed E-state index contributed by atoms with van der Waals surface area (Å²) in [6.45, 7) is 3.22. The molecule has 0 amide bonds. The van der Waals surface area contributed by atoms with Crippen LogP contribution in [0, 0.1) is 0 Å². The lowest BCUT2D eigenvalue weighted by Crippen LogP contribution is -2.29. The number of hydrogen-bond acceptors (Lipinski definition) is 5. The summed E-state index contributed by atoms with van der Waals surface area (Å²) >= 11 is 0. The fraction of sp³-hybridized carbons (Fsp3) is 0.438. The molecule has 112 valence electrons. The first kappa shape index (κ1) is 13.9. The predicted octanol–water partition coefficient (Wildman–Crippen LogP) is 2.92. The first-order chi connectivity index (χ1) is 10.3. The second-order valence-electron chi connectivity index (χ2n) is 5.47. The molecule has 0 atom stereocenters. The number of methoxy groups -OCH3 is 1. The number of benzene rings is 1. The van der Waals surface area contributed by atoms with Crippen molar-refractivity contribution in [2.75, 3.05) is 25.9 Å². The molecular formula is C16H21N3O2. The van der Waals surface area contributed by atoms with E-state index in [1.54, 1.807) is 13.3 Å². The molecule has 1 aliphatic heterocycles. The SMILES string of the molecule is COc1ccc(-c2cnoc2N)cc1CN1CCCCC1. The lowest BCUT2D eigenvalue weighted by molar-refractivity contribution is 0.218. The number of anilines is 1.